The number of fused-ring (bicyclic) bond motifs is 1. The maximum Gasteiger partial charge on any atom is 0.270 e. The van der Waals surface area contributed by atoms with Crippen LogP contribution in [0, 0.1) is 10.1 Å². The van der Waals surface area contributed by atoms with E-state index in [1.807, 2.05) is 13.0 Å². The van der Waals surface area contributed by atoms with Crippen LogP contribution in [0.4, 0.5) is 5.69 Å². The van der Waals surface area contributed by atoms with Crippen molar-refractivity contribution in [3.63, 3.8) is 0 Å². The van der Waals surface area contributed by atoms with Crippen molar-refractivity contribution in [2.24, 2.45) is 0 Å². The predicted molar refractivity (Wildman–Crippen MR) is 121 cm³/mol. The molecule has 1 aromatic heterocycles. The lowest BCUT2D eigenvalue weighted by Crippen LogP contribution is -2.22. The average molecular weight is 413 g/mol. The van der Waals surface area contributed by atoms with E-state index < -0.39 is 4.92 Å². The first kappa shape index (κ1) is 20.0. The molecule has 0 saturated heterocycles. The first-order chi connectivity index (χ1) is 15.1. The fourth-order valence-electron chi connectivity index (χ4n) is 3.28. The Morgan fingerprint density at radius 2 is 1.81 bits per heavy atom. The van der Waals surface area contributed by atoms with Crippen LogP contribution in [0.2, 0.25) is 0 Å². The van der Waals surface area contributed by atoms with Gasteiger partial charge in [-0.3, -0.25) is 19.5 Å². The summed E-state index contributed by atoms with van der Waals surface area (Å²) in [6.07, 6.45) is 3.39. The van der Waals surface area contributed by atoms with E-state index >= 15 is 0 Å². The van der Waals surface area contributed by atoms with Crippen LogP contribution < -0.4 is 10.3 Å². The Balaban J connectivity index is 1.85. The number of benzene rings is 3. The van der Waals surface area contributed by atoms with Gasteiger partial charge in [0, 0.05) is 12.1 Å². The molecule has 7 heteroatoms. The minimum Gasteiger partial charge on any atom is -0.494 e. The highest BCUT2D eigenvalue weighted by Gasteiger charge is 2.11. The Bertz CT molecular complexity index is 1340. The largest absolute Gasteiger partial charge is 0.494 e. The van der Waals surface area contributed by atoms with Gasteiger partial charge in [0.25, 0.3) is 11.2 Å². The van der Waals surface area contributed by atoms with Crippen LogP contribution in [0.5, 0.6) is 5.75 Å². The molecule has 4 rings (SSSR count). The first-order valence-electron chi connectivity index (χ1n) is 9.74. The molecule has 0 atom stereocenters. The molecular formula is C24H19N3O4. The van der Waals surface area contributed by atoms with Crippen molar-refractivity contribution in [3.05, 3.63) is 105 Å². The summed E-state index contributed by atoms with van der Waals surface area (Å²) in [4.78, 5) is 28.5. The van der Waals surface area contributed by atoms with Crippen molar-refractivity contribution >= 4 is 28.7 Å². The normalized spacial score (nSPS) is 11.1. The summed E-state index contributed by atoms with van der Waals surface area (Å²) in [5.41, 5.74) is 1.65. The SMILES string of the molecule is CCOc1ccc(-n2c(/C=C/c3cccc([N+](=O)[O-])c3)nc3ccccc3c2=O)cc1. The molecule has 3 aromatic carbocycles. The summed E-state index contributed by atoms with van der Waals surface area (Å²) in [6, 6.07) is 20.6. The lowest BCUT2D eigenvalue weighted by Gasteiger charge is -2.12. The van der Waals surface area contributed by atoms with Crippen molar-refractivity contribution in [1.29, 1.82) is 0 Å². The molecule has 0 aliphatic carbocycles. The van der Waals surface area contributed by atoms with E-state index in [-0.39, 0.29) is 11.2 Å². The van der Waals surface area contributed by atoms with Gasteiger partial charge in [0.05, 0.1) is 28.1 Å². The molecule has 7 nitrogen and oxygen atoms in total. The lowest BCUT2D eigenvalue weighted by molar-refractivity contribution is -0.384. The van der Waals surface area contributed by atoms with Crippen molar-refractivity contribution in [2.45, 2.75) is 6.92 Å². The second kappa shape index (κ2) is 8.62. The zero-order chi connectivity index (χ0) is 21.8. The summed E-state index contributed by atoms with van der Waals surface area (Å²) in [5, 5.41) is 11.5. The third-order valence-electron chi connectivity index (χ3n) is 4.71. The monoisotopic (exact) mass is 413 g/mol. The van der Waals surface area contributed by atoms with Gasteiger partial charge in [-0.05, 0) is 55.0 Å². The number of aromatic nitrogens is 2. The number of nitro groups is 1. The summed E-state index contributed by atoms with van der Waals surface area (Å²) >= 11 is 0. The molecule has 0 aliphatic rings. The standard InChI is InChI=1S/C24H19N3O4/c1-2-31-20-13-11-18(12-14-20)26-23(25-22-9-4-3-8-21(22)24(26)28)15-10-17-6-5-7-19(16-17)27(29)30/h3-16H,2H2,1H3/b15-10+. The number of hydrogen-bond acceptors (Lipinski definition) is 5. The van der Waals surface area contributed by atoms with Crippen LogP contribution in [0.3, 0.4) is 0 Å². The van der Waals surface area contributed by atoms with Crippen molar-refractivity contribution < 1.29 is 9.66 Å². The second-order valence-electron chi connectivity index (χ2n) is 6.74. The van der Waals surface area contributed by atoms with Gasteiger partial charge in [0.1, 0.15) is 11.6 Å². The zero-order valence-corrected chi connectivity index (χ0v) is 16.8. The molecule has 0 fully saturated rings. The van der Waals surface area contributed by atoms with Gasteiger partial charge in [-0.25, -0.2) is 4.98 Å². The van der Waals surface area contributed by atoms with E-state index in [1.54, 1.807) is 66.7 Å². The van der Waals surface area contributed by atoms with Gasteiger partial charge in [-0.15, -0.1) is 0 Å². The number of hydrogen-bond donors (Lipinski definition) is 0. The fourth-order valence-corrected chi connectivity index (χ4v) is 3.28. The molecule has 31 heavy (non-hydrogen) atoms. The minimum absolute atomic E-state index is 0.00229. The number of non-ortho nitro benzene ring substituents is 1. The Hall–Kier alpha value is -4.26. The van der Waals surface area contributed by atoms with E-state index in [9.17, 15) is 14.9 Å². The summed E-state index contributed by atoms with van der Waals surface area (Å²) in [6.45, 7) is 2.45. The van der Waals surface area contributed by atoms with E-state index in [1.165, 1.54) is 16.7 Å². The smallest absolute Gasteiger partial charge is 0.270 e. The summed E-state index contributed by atoms with van der Waals surface area (Å²) in [7, 11) is 0. The van der Waals surface area contributed by atoms with Crippen LogP contribution in [-0.4, -0.2) is 21.1 Å². The average Bonchev–Trinajstić information content (AvgIpc) is 2.79. The van der Waals surface area contributed by atoms with E-state index in [2.05, 4.69) is 4.98 Å². The fraction of sp³-hybridized carbons (Fsp3) is 0.0833. The zero-order valence-electron chi connectivity index (χ0n) is 16.8. The number of nitro benzene ring substituents is 1. The van der Waals surface area contributed by atoms with Crippen LogP contribution in [0.15, 0.2) is 77.6 Å². The summed E-state index contributed by atoms with van der Waals surface area (Å²) < 4.78 is 7.01. The third kappa shape index (κ3) is 4.20. The van der Waals surface area contributed by atoms with Gasteiger partial charge in [0.15, 0.2) is 0 Å². The van der Waals surface area contributed by atoms with Crippen molar-refractivity contribution in [1.82, 2.24) is 9.55 Å². The molecule has 154 valence electrons. The van der Waals surface area contributed by atoms with Crippen LogP contribution in [0.1, 0.15) is 18.3 Å². The molecule has 0 bridgehead atoms. The topological polar surface area (TPSA) is 87.3 Å². The molecule has 0 unspecified atom stereocenters. The van der Waals surface area contributed by atoms with Crippen LogP contribution in [0.25, 0.3) is 28.7 Å². The first-order valence-corrected chi connectivity index (χ1v) is 9.74. The number of nitrogens with zero attached hydrogens (tertiary/aromatic N) is 3. The molecule has 1 heterocycles. The summed E-state index contributed by atoms with van der Waals surface area (Å²) in [5.74, 6) is 1.13. The molecular weight excluding hydrogens is 394 g/mol. The van der Waals surface area contributed by atoms with Crippen molar-refractivity contribution in [2.75, 3.05) is 6.61 Å². The second-order valence-corrected chi connectivity index (χ2v) is 6.74. The molecule has 4 aromatic rings. The number of para-hydroxylation sites is 1. The molecule has 0 N–H and O–H groups in total. The molecule has 0 amide bonds. The van der Waals surface area contributed by atoms with Gasteiger partial charge in [-0.1, -0.05) is 30.3 Å². The third-order valence-corrected chi connectivity index (χ3v) is 4.71. The van der Waals surface area contributed by atoms with Gasteiger partial charge in [-0.2, -0.15) is 0 Å². The quantitative estimate of drug-likeness (QED) is 0.333. The molecule has 0 aliphatic heterocycles. The Kier molecular flexibility index (Phi) is 5.57. The van der Waals surface area contributed by atoms with Gasteiger partial charge in [0.2, 0.25) is 0 Å². The lowest BCUT2D eigenvalue weighted by atomic mass is 10.2. The van der Waals surface area contributed by atoms with Gasteiger partial charge >= 0.3 is 0 Å². The van der Waals surface area contributed by atoms with Crippen LogP contribution >= 0.6 is 0 Å². The van der Waals surface area contributed by atoms with E-state index in [0.29, 0.717) is 40.3 Å². The minimum atomic E-state index is -0.443. The Morgan fingerprint density at radius 3 is 2.55 bits per heavy atom. The highest BCUT2D eigenvalue weighted by Crippen LogP contribution is 2.19. The highest BCUT2D eigenvalue weighted by atomic mass is 16.6. The van der Waals surface area contributed by atoms with Crippen molar-refractivity contribution in [3.8, 4) is 11.4 Å². The Morgan fingerprint density at radius 1 is 1.03 bits per heavy atom. The predicted octanol–water partition coefficient (Wildman–Crippen LogP) is 4.86. The molecule has 0 saturated carbocycles. The highest BCUT2D eigenvalue weighted by molar-refractivity contribution is 5.80. The van der Waals surface area contributed by atoms with Crippen LogP contribution in [-0.2, 0) is 0 Å². The maximum atomic E-state index is 13.3. The number of rotatable bonds is 6. The number of ether oxygens (including phenoxy) is 1. The Labute approximate surface area is 178 Å². The van der Waals surface area contributed by atoms with E-state index in [0.717, 1.165) is 0 Å². The maximum absolute atomic E-state index is 13.3. The van der Waals surface area contributed by atoms with E-state index in [4.69, 9.17) is 4.74 Å². The molecule has 0 spiro atoms. The van der Waals surface area contributed by atoms with Gasteiger partial charge < -0.3 is 4.74 Å². The molecule has 0 radical (unpaired) electrons.